The van der Waals surface area contributed by atoms with Gasteiger partial charge in [-0.1, -0.05) is 0 Å². The molecule has 0 saturated carbocycles. The van der Waals surface area contributed by atoms with Crippen LogP contribution < -0.4 is 4.74 Å². The summed E-state index contributed by atoms with van der Waals surface area (Å²) < 4.78 is 15.7. The second kappa shape index (κ2) is 3.59. The van der Waals surface area contributed by atoms with Crippen molar-refractivity contribution >= 4 is 16.7 Å². The van der Waals surface area contributed by atoms with E-state index in [9.17, 15) is 15.0 Å². The number of rotatable bonds is 1. The molecule has 2 aromatic rings. The van der Waals surface area contributed by atoms with E-state index in [0.29, 0.717) is 16.7 Å². The molecule has 0 bridgehead atoms. The summed E-state index contributed by atoms with van der Waals surface area (Å²) >= 11 is 0. The fourth-order valence-electron chi connectivity index (χ4n) is 2.89. The topological polar surface area (TPSA) is 88.5 Å². The summed E-state index contributed by atoms with van der Waals surface area (Å²) in [6, 6.07) is 4.76. The molecule has 0 amide bonds. The predicted octanol–water partition coefficient (Wildman–Crippen LogP) is 2.22. The summed E-state index contributed by atoms with van der Waals surface area (Å²) in [7, 11) is 1.48. The highest BCUT2D eigenvalue weighted by Gasteiger charge is 2.62. The van der Waals surface area contributed by atoms with Gasteiger partial charge >= 0.3 is 5.97 Å². The fraction of sp³-hybridized carbons (Fsp3) is 0.267. The zero-order valence-electron chi connectivity index (χ0n) is 11.3. The van der Waals surface area contributed by atoms with Gasteiger partial charge in [-0.15, -0.1) is 0 Å². The molecule has 0 spiro atoms. The van der Waals surface area contributed by atoms with Crippen molar-refractivity contribution in [3.8, 4) is 17.2 Å². The normalized spacial score (nSPS) is 26.0. The second-order valence-corrected chi connectivity index (χ2v) is 5.34. The van der Waals surface area contributed by atoms with Crippen LogP contribution in [0.2, 0.25) is 0 Å². The Morgan fingerprint density at radius 1 is 1.29 bits per heavy atom. The number of carbonyl (C=O) groups is 1. The van der Waals surface area contributed by atoms with Gasteiger partial charge in [-0.2, -0.15) is 0 Å². The first-order valence-corrected chi connectivity index (χ1v) is 6.42. The number of phenolic OH excluding ortho intramolecular Hbond substituents is 2. The molecule has 2 atom stereocenters. The Hall–Kier alpha value is -2.47. The molecule has 2 aliphatic rings. The van der Waals surface area contributed by atoms with Crippen molar-refractivity contribution in [2.75, 3.05) is 7.11 Å². The SMILES string of the molecule is COc1cc(O)c2c(O)c3c(cc2c1)C1OC1(C)OC3=O. The van der Waals surface area contributed by atoms with E-state index in [0.717, 1.165) is 0 Å². The number of ether oxygens (including phenoxy) is 3. The molecule has 1 fully saturated rings. The Morgan fingerprint density at radius 3 is 2.76 bits per heavy atom. The highest BCUT2D eigenvalue weighted by molar-refractivity contribution is 6.06. The number of hydrogen-bond donors (Lipinski definition) is 2. The van der Waals surface area contributed by atoms with Gasteiger partial charge < -0.3 is 24.4 Å². The maximum absolute atomic E-state index is 12.1. The minimum atomic E-state index is -0.953. The number of epoxide rings is 1. The third-order valence-electron chi connectivity index (χ3n) is 3.98. The standard InChI is InChI=1S/C15H12O6/c1-15-13(20-15)8-4-6-3-7(19-2)5-9(16)10(6)12(17)11(8)14(18)21-15/h3-5,13,16-17H,1-2H3. The molecule has 2 N–H and O–H groups in total. The lowest BCUT2D eigenvalue weighted by atomic mass is 9.93. The van der Waals surface area contributed by atoms with Crippen LogP contribution in [0, 0.1) is 0 Å². The first-order chi connectivity index (χ1) is 9.94. The second-order valence-electron chi connectivity index (χ2n) is 5.34. The minimum absolute atomic E-state index is 0.0444. The first kappa shape index (κ1) is 12.3. The van der Waals surface area contributed by atoms with Crippen LogP contribution in [0.3, 0.4) is 0 Å². The van der Waals surface area contributed by atoms with Gasteiger partial charge in [0.05, 0.1) is 12.5 Å². The summed E-state index contributed by atoms with van der Waals surface area (Å²) in [5, 5.41) is 21.2. The molecule has 0 radical (unpaired) electrons. The Kier molecular flexibility index (Phi) is 2.10. The van der Waals surface area contributed by atoms with Crippen molar-refractivity contribution in [1.82, 2.24) is 0 Å². The zero-order valence-corrected chi connectivity index (χ0v) is 11.3. The molecule has 0 aliphatic carbocycles. The van der Waals surface area contributed by atoms with E-state index in [-0.39, 0.29) is 22.4 Å². The third-order valence-corrected chi connectivity index (χ3v) is 3.98. The number of hydrogen-bond acceptors (Lipinski definition) is 6. The van der Waals surface area contributed by atoms with Gasteiger partial charge in [0, 0.05) is 18.6 Å². The number of carbonyl (C=O) groups excluding carboxylic acids is 1. The summed E-state index contributed by atoms with van der Waals surface area (Å²) in [6.45, 7) is 1.67. The highest BCUT2D eigenvalue weighted by Crippen LogP contribution is 2.57. The minimum Gasteiger partial charge on any atom is -0.507 e. The van der Waals surface area contributed by atoms with Gasteiger partial charge in [-0.05, 0) is 17.5 Å². The van der Waals surface area contributed by atoms with Crippen LogP contribution in [0.5, 0.6) is 17.2 Å². The largest absolute Gasteiger partial charge is 0.507 e. The molecular formula is C15H12O6. The molecule has 21 heavy (non-hydrogen) atoms. The Balaban J connectivity index is 2.07. The number of aromatic hydroxyl groups is 2. The average molecular weight is 288 g/mol. The van der Waals surface area contributed by atoms with Crippen LogP contribution in [0.15, 0.2) is 18.2 Å². The highest BCUT2D eigenvalue weighted by atomic mass is 16.8. The van der Waals surface area contributed by atoms with Gasteiger partial charge in [0.15, 0.2) is 6.10 Å². The predicted molar refractivity (Wildman–Crippen MR) is 71.5 cm³/mol. The van der Waals surface area contributed by atoms with Crippen molar-refractivity contribution in [3.05, 3.63) is 29.3 Å². The molecule has 2 aliphatic heterocycles. The Bertz CT molecular complexity index is 812. The number of fused-ring (bicyclic) bond motifs is 4. The summed E-state index contributed by atoms with van der Waals surface area (Å²) in [5.41, 5.74) is 0.606. The number of benzene rings is 2. The van der Waals surface area contributed by atoms with E-state index in [1.54, 1.807) is 19.1 Å². The van der Waals surface area contributed by atoms with E-state index >= 15 is 0 Å². The molecule has 0 aromatic heterocycles. The molecule has 6 heteroatoms. The molecule has 2 unspecified atom stereocenters. The molecule has 2 heterocycles. The summed E-state index contributed by atoms with van der Waals surface area (Å²) in [6.07, 6.45) is -0.395. The fourth-order valence-corrected chi connectivity index (χ4v) is 2.89. The van der Waals surface area contributed by atoms with Crippen molar-refractivity contribution in [1.29, 1.82) is 0 Å². The van der Waals surface area contributed by atoms with Crippen LogP contribution >= 0.6 is 0 Å². The molecule has 4 rings (SSSR count). The van der Waals surface area contributed by atoms with Gasteiger partial charge in [0.25, 0.3) is 0 Å². The lowest BCUT2D eigenvalue weighted by molar-refractivity contribution is -0.0102. The smallest absolute Gasteiger partial charge is 0.344 e. The van der Waals surface area contributed by atoms with E-state index in [2.05, 4.69) is 0 Å². The van der Waals surface area contributed by atoms with Gasteiger partial charge in [0.2, 0.25) is 5.79 Å². The Labute approximate surface area is 119 Å². The van der Waals surface area contributed by atoms with E-state index in [4.69, 9.17) is 14.2 Å². The third kappa shape index (κ3) is 1.48. The van der Waals surface area contributed by atoms with E-state index < -0.39 is 17.9 Å². The van der Waals surface area contributed by atoms with Crippen molar-refractivity contribution in [2.45, 2.75) is 18.8 Å². The Morgan fingerprint density at radius 2 is 2.05 bits per heavy atom. The maximum atomic E-state index is 12.1. The first-order valence-electron chi connectivity index (χ1n) is 6.42. The van der Waals surface area contributed by atoms with Crippen LogP contribution in [-0.2, 0) is 9.47 Å². The monoisotopic (exact) mass is 288 g/mol. The summed E-state index contributed by atoms with van der Waals surface area (Å²) in [4.78, 5) is 12.1. The van der Waals surface area contributed by atoms with Crippen LogP contribution in [0.1, 0.15) is 28.9 Å². The molecule has 1 saturated heterocycles. The van der Waals surface area contributed by atoms with Crippen LogP contribution in [0.25, 0.3) is 10.8 Å². The van der Waals surface area contributed by atoms with Gasteiger partial charge in [0.1, 0.15) is 22.8 Å². The van der Waals surface area contributed by atoms with E-state index in [1.165, 1.54) is 13.2 Å². The van der Waals surface area contributed by atoms with E-state index in [1.807, 2.05) is 0 Å². The van der Waals surface area contributed by atoms with Crippen molar-refractivity contribution < 1.29 is 29.2 Å². The molecular weight excluding hydrogens is 276 g/mol. The molecule has 6 nitrogen and oxygen atoms in total. The lowest BCUT2D eigenvalue weighted by Gasteiger charge is -2.19. The number of methoxy groups -OCH3 is 1. The van der Waals surface area contributed by atoms with Gasteiger partial charge in [-0.3, -0.25) is 0 Å². The maximum Gasteiger partial charge on any atom is 0.344 e. The number of phenols is 2. The zero-order chi connectivity index (χ0) is 14.9. The molecule has 108 valence electrons. The average Bonchev–Trinajstić information content (AvgIpc) is 3.09. The van der Waals surface area contributed by atoms with Crippen LogP contribution in [-0.4, -0.2) is 29.1 Å². The van der Waals surface area contributed by atoms with Gasteiger partial charge in [-0.25, -0.2) is 4.79 Å². The summed E-state index contributed by atoms with van der Waals surface area (Å²) in [5.74, 6) is -1.62. The molecule has 2 aromatic carbocycles. The van der Waals surface area contributed by atoms with Crippen molar-refractivity contribution in [2.24, 2.45) is 0 Å². The lowest BCUT2D eigenvalue weighted by Crippen LogP contribution is -2.24. The van der Waals surface area contributed by atoms with Crippen LogP contribution in [0.4, 0.5) is 0 Å². The van der Waals surface area contributed by atoms with Crippen molar-refractivity contribution in [3.63, 3.8) is 0 Å². The number of esters is 1. The quantitative estimate of drug-likeness (QED) is 0.618.